The first-order valence-corrected chi connectivity index (χ1v) is 4.62. The van der Waals surface area contributed by atoms with Crippen LogP contribution in [0.4, 0.5) is 0 Å². The van der Waals surface area contributed by atoms with Crippen molar-refractivity contribution in [3.05, 3.63) is 47.3 Å². The molecule has 0 fully saturated rings. The van der Waals surface area contributed by atoms with Gasteiger partial charge in [-0.05, 0) is 11.6 Å². The van der Waals surface area contributed by atoms with Gasteiger partial charge in [0.15, 0.2) is 0 Å². The van der Waals surface area contributed by atoms with E-state index in [1.54, 1.807) is 18.2 Å². The number of para-hydroxylation sites is 1. The van der Waals surface area contributed by atoms with Crippen LogP contribution in [0.2, 0.25) is 0 Å². The molecule has 0 atom stereocenters. The standard InChI is InChI=1S/C11H9NO4/c13-10-4-2-1-3-7(10)5-9-8(11(14)15)6-16-12-9/h1-4,6,13H,5H2,(H,14,15). The van der Waals surface area contributed by atoms with Gasteiger partial charge in [0, 0.05) is 6.42 Å². The molecule has 16 heavy (non-hydrogen) atoms. The Morgan fingerprint density at radius 1 is 1.38 bits per heavy atom. The van der Waals surface area contributed by atoms with Gasteiger partial charge in [0.2, 0.25) is 0 Å². The van der Waals surface area contributed by atoms with Crippen molar-refractivity contribution in [2.24, 2.45) is 0 Å². The molecule has 2 N–H and O–H groups in total. The minimum atomic E-state index is -1.09. The molecule has 2 aromatic rings. The first kappa shape index (κ1) is 10.2. The number of aromatic nitrogens is 1. The lowest BCUT2D eigenvalue weighted by molar-refractivity contribution is 0.0695. The lowest BCUT2D eigenvalue weighted by atomic mass is 10.1. The van der Waals surface area contributed by atoms with Crippen molar-refractivity contribution in [3.8, 4) is 5.75 Å². The van der Waals surface area contributed by atoms with Crippen LogP contribution in [0.3, 0.4) is 0 Å². The lowest BCUT2D eigenvalue weighted by Crippen LogP contribution is -2.00. The molecule has 0 saturated carbocycles. The predicted octanol–water partition coefficient (Wildman–Crippen LogP) is 1.67. The Labute approximate surface area is 90.9 Å². The van der Waals surface area contributed by atoms with Gasteiger partial charge >= 0.3 is 5.97 Å². The van der Waals surface area contributed by atoms with E-state index in [9.17, 15) is 9.90 Å². The number of carbonyl (C=O) groups is 1. The Bertz CT molecular complexity index is 518. The minimum absolute atomic E-state index is 0.0169. The average molecular weight is 219 g/mol. The molecule has 1 aromatic carbocycles. The Balaban J connectivity index is 2.31. The molecule has 5 nitrogen and oxygen atoms in total. The van der Waals surface area contributed by atoms with Crippen molar-refractivity contribution in [2.75, 3.05) is 0 Å². The van der Waals surface area contributed by atoms with E-state index >= 15 is 0 Å². The van der Waals surface area contributed by atoms with Gasteiger partial charge in [-0.1, -0.05) is 23.4 Å². The second kappa shape index (κ2) is 4.06. The number of nitrogens with zero attached hydrogens (tertiary/aromatic N) is 1. The third-order valence-electron chi connectivity index (χ3n) is 2.22. The summed E-state index contributed by atoms with van der Waals surface area (Å²) in [5.74, 6) is -0.978. The number of rotatable bonds is 3. The summed E-state index contributed by atoms with van der Waals surface area (Å²) in [6.07, 6.45) is 1.31. The molecule has 0 spiro atoms. The first-order valence-electron chi connectivity index (χ1n) is 4.62. The number of phenolic OH excluding ortho intramolecular Hbond substituents is 1. The normalized spacial score (nSPS) is 10.2. The van der Waals surface area contributed by atoms with E-state index in [0.717, 1.165) is 6.26 Å². The fourth-order valence-corrected chi connectivity index (χ4v) is 1.40. The minimum Gasteiger partial charge on any atom is -0.508 e. The van der Waals surface area contributed by atoms with Crippen LogP contribution >= 0.6 is 0 Å². The summed E-state index contributed by atoms with van der Waals surface area (Å²) in [4.78, 5) is 10.8. The van der Waals surface area contributed by atoms with Crippen molar-refractivity contribution in [1.82, 2.24) is 5.16 Å². The summed E-state index contributed by atoms with van der Waals surface area (Å²) < 4.78 is 4.61. The average Bonchev–Trinajstić information content (AvgIpc) is 2.69. The molecule has 0 amide bonds. The Morgan fingerprint density at radius 2 is 2.12 bits per heavy atom. The number of carboxylic acid groups (broad SMARTS) is 1. The molecular formula is C11H9NO4. The van der Waals surface area contributed by atoms with E-state index in [0.29, 0.717) is 11.3 Å². The Kier molecular flexibility index (Phi) is 2.59. The van der Waals surface area contributed by atoms with Crippen LogP contribution in [-0.2, 0) is 6.42 Å². The zero-order chi connectivity index (χ0) is 11.5. The first-order chi connectivity index (χ1) is 7.68. The summed E-state index contributed by atoms with van der Waals surface area (Å²) in [6.45, 7) is 0. The third-order valence-corrected chi connectivity index (χ3v) is 2.22. The molecule has 1 aromatic heterocycles. The zero-order valence-electron chi connectivity index (χ0n) is 8.25. The van der Waals surface area contributed by atoms with Gasteiger partial charge in [-0.3, -0.25) is 0 Å². The van der Waals surface area contributed by atoms with Crippen LogP contribution in [-0.4, -0.2) is 21.3 Å². The quantitative estimate of drug-likeness (QED) is 0.820. The topological polar surface area (TPSA) is 83.6 Å². The van der Waals surface area contributed by atoms with Gasteiger partial charge in [-0.15, -0.1) is 0 Å². The van der Waals surface area contributed by atoms with Crippen molar-refractivity contribution in [1.29, 1.82) is 0 Å². The summed E-state index contributed by atoms with van der Waals surface area (Å²) >= 11 is 0. The highest BCUT2D eigenvalue weighted by molar-refractivity contribution is 5.88. The number of aromatic carboxylic acids is 1. The molecule has 0 radical (unpaired) electrons. The van der Waals surface area contributed by atoms with Gasteiger partial charge in [0.25, 0.3) is 0 Å². The fraction of sp³-hybridized carbons (Fsp3) is 0.0909. The number of hydrogen-bond acceptors (Lipinski definition) is 4. The number of hydrogen-bond donors (Lipinski definition) is 2. The fourth-order valence-electron chi connectivity index (χ4n) is 1.40. The van der Waals surface area contributed by atoms with E-state index in [-0.39, 0.29) is 17.7 Å². The molecule has 0 aliphatic rings. The summed E-state index contributed by atoms with van der Waals surface area (Å²) in [5, 5.41) is 22.0. The number of carboxylic acids is 1. The van der Waals surface area contributed by atoms with Crippen molar-refractivity contribution in [2.45, 2.75) is 6.42 Å². The van der Waals surface area contributed by atoms with E-state index in [2.05, 4.69) is 9.68 Å². The Morgan fingerprint density at radius 3 is 2.81 bits per heavy atom. The zero-order valence-corrected chi connectivity index (χ0v) is 8.25. The molecule has 82 valence electrons. The van der Waals surface area contributed by atoms with Gasteiger partial charge < -0.3 is 14.7 Å². The molecule has 0 aliphatic heterocycles. The van der Waals surface area contributed by atoms with Crippen LogP contribution in [0, 0.1) is 0 Å². The molecule has 2 rings (SSSR count). The maximum Gasteiger partial charge on any atom is 0.340 e. The molecule has 0 saturated heterocycles. The molecule has 0 bridgehead atoms. The van der Waals surface area contributed by atoms with Crippen LogP contribution in [0.1, 0.15) is 21.6 Å². The molecule has 1 heterocycles. The summed E-state index contributed by atoms with van der Waals surface area (Å²) in [5.41, 5.74) is 0.927. The monoisotopic (exact) mass is 219 g/mol. The highest BCUT2D eigenvalue weighted by atomic mass is 16.5. The van der Waals surface area contributed by atoms with E-state index < -0.39 is 5.97 Å². The van der Waals surface area contributed by atoms with Crippen LogP contribution in [0.5, 0.6) is 5.75 Å². The summed E-state index contributed by atoms with van der Waals surface area (Å²) in [7, 11) is 0. The van der Waals surface area contributed by atoms with Crippen molar-refractivity contribution in [3.63, 3.8) is 0 Å². The van der Waals surface area contributed by atoms with Crippen molar-refractivity contribution >= 4 is 5.97 Å². The van der Waals surface area contributed by atoms with Gasteiger partial charge in [0.1, 0.15) is 23.3 Å². The molecular weight excluding hydrogens is 210 g/mol. The number of benzene rings is 1. The van der Waals surface area contributed by atoms with Crippen LogP contribution < -0.4 is 0 Å². The highest BCUT2D eigenvalue weighted by Crippen LogP contribution is 2.20. The van der Waals surface area contributed by atoms with E-state index in [4.69, 9.17) is 5.11 Å². The largest absolute Gasteiger partial charge is 0.508 e. The summed E-state index contributed by atoms with van der Waals surface area (Å²) in [6, 6.07) is 6.70. The smallest absolute Gasteiger partial charge is 0.340 e. The molecule has 0 unspecified atom stereocenters. The molecule has 0 aliphatic carbocycles. The third kappa shape index (κ3) is 1.88. The van der Waals surface area contributed by atoms with Gasteiger partial charge in [-0.2, -0.15) is 0 Å². The van der Waals surface area contributed by atoms with E-state index in [1.165, 1.54) is 6.07 Å². The second-order valence-corrected chi connectivity index (χ2v) is 3.29. The van der Waals surface area contributed by atoms with Gasteiger partial charge in [-0.25, -0.2) is 4.79 Å². The van der Waals surface area contributed by atoms with Gasteiger partial charge in [0.05, 0.1) is 0 Å². The predicted molar refractivity (Wildman–Crippen MR) is 54.4 cm³/mol. The maximum absolute atomic E-state index is 10.8. The van der Waals surface area contributed by atoms with Crippen LogP contribution in [0.25, 0.3) is 0 Å². The second-order valence-electron chi connectivity index (χ2n) is 3.29. The van der Waals surface area contributed by atoms with E-state index in [1.807, 2.05) is 0 Å². The highest BCUT2D eigenvalue weighted by Gasteiger charge is 2.15. The SMILES string of the molecule is O=C(O)c1conc1Cc1ccccc1O. The number of aromatic hydroxyl groups is 1. The Hall–Kier alpha value is -2.30. The molecule has 5 heteroatoms. The maximum atomic E-state index is 10.8. The van der Waals surface area contributed by atoms with Crippen molar-refractivity contribution < 1.29 is 19.5 Å². The lowest BCUT2D eigenvalue weighted by Gasteiger charge is -2.01. The number of phenols is 1. The van der Waals surface area contributed by atoms with Crippen LogP contribution in [0.15, 0.2) is 35.1 Å².